The number of allylic oxidation sites excluding steroid dienone is 1. The first-order valence-electron chi connectivity index (χ1n) is 15.8. The van der Waals surface area contributed by atoms with Crippen LogP contribution in [-0.2, 0) is 26.3 Å². The first-order chi connectivity index (χ1) is 20.9. The van der Waals surface area contributed by atoms with Crippen LogP contribution in [0.5, 0.6) is 5.75 Å². The van der Waals surface area contributed by atoms with Crippen molar-refractivity contribution in [2.24, 2.45) is 17.8 Å². The van der Waals surface area contributed by atoms with Crippen LogP contribution in [-0.4, -0.2) is 65.4 Å². The molecule has 2 aromatic carbocycles. The van der Waals surface area contributed by atoms with Gasteiger partial charge in [0.2, 0.25) is 0 Å². The maximum absolute atomic E-state index is 13.7. The predicted molar refractivity (Wildman–Crippen MR) is 178 cm³/mol. The van der Waals surface area contributed by atoms with Crippen molar-refractivity contribution < 1.29 is 23.6 Å². The molecule has 7 nitrogen and oxygen atoms in total. The lowest BCUT2D eigenvalue weighted by atomic mass is 9.64. The molecule has 9 heteroatoms. The SMILES string of the molecule is C=S1(=O)NC(=O)c2ccc3c(c2)N(C[C@@H]2CC[C@H]2[C@](O)(COC)/C=C/C[C@H](C)[C@H]1C)C[C@@]1(CCCc2cc(Cl)ccc21)CO3. The number of hydrogen-bond acceptors (Lipinski definition) is 6. The highest BCUT2D eigenvalue weighted by molar-refractivity contribution is 7.99. The van der Waals surface area contributed by atoms with Gasteiger partial charge in [-0.2, -0.15) is 0 Å². The monoisotopic (exact) mass is 640 g/mol. The molecule has 2 bridgehead atoms. The minimum Gasteiger partial charge on any atom is -0.490 e. The minimum atomic E-state index is -2.96. The lowest BCUT2D eigenvalue weighted by Crippen LogP contribution is -2.54. The van der Waals surface area contributed by atoms with Gasteiger partial charge in [0.15, 0.2) is 0 Å². The Balaban J connectivity index is 1.45. The highest BCUT2D eigenvalue weighted by atomic mass is 35.5. The zero-order valence-electron chi connectivity index (χ0n) is 26.0. The molecule has 238 valence electrons. The number of aryl methyl sites for hydroxylation is 1. The van der Waals surface area contributed by atoms with E-state index in [1.807, 2.05) is 44.2 Å². The van der Waals surface area contributed by atoms with E-state index in [4.69, 9.17) is 21.1 Å². The fourth-order valence-corrected chi connectivity index (χ4v) is 9.53. The highest BCUT2D eigenvalue weighted by Gasteiger charge is 2.48. The molecule has 4 aliphatic rings. The summed E-state index contributed by atoms with van der Waals surface area (Å²) in [6, 6.07) is 11.7. The number of anilines is 1. The van der Waals surface area contributed by atoms with Crippen molar-refractivity contribution in [3.05, 3.63) is 70.3 Å². The van der Waals surface area contributed by atoms with E-state index in [1.165, 1.54) is 11.1 Å². The van der Waals surface area contributed by atoms with E-state index in [0.29, 0.717) is 31.7 Å². The van der Waals surface area contributed by atoms with Gasteiger partial charge in [0, 0.05) is 41.5 Å². The molecule has 0 radical (unpaired) electrons. The molecular formula is C35H45ClN2O5S. The van der Waals surface area contributed by atoms with Crippen molar-refractivity contribution >= 4 is 38.8 Å². The summed E-state index contributed by atoms with van der Waals surface area (Å²) in [5, 5.41) is 12.4. The number of nitrogens with one attached hydrogen (secondary N) is 1. The maximum atomic E-state index is 13.7. The van der Waals surface area contributed by atoms with Crippen molar-refractivity contribution in [1.29, 1.82) is 0 Å². The molecule has 2 aliphatic heterocycles. The van der Waals surface area contributed by atoms with Gasteiger partial charge in [-0.3, -0.25) is 9.52 Å². The summed E-state index contributed by atoms with van der Waals surface area (Å²) in [7, 11) is -1.33. The maximum Gasteiger partial charge on any atom is 0.262 e. The average Bonchev–Trinajstić information content (AvgIpc) is 3.11. The second-order valence-electron chi connectivity index (χ2n) is 13.6. The van der Waals surface area contributed by atoms with Crippen molar-refractivity contribution in [3.63, 3.8) is 0 Å². The van der Waals surface area contributed by atoms with Gasteiger partial charge in [-0.25, -0.2) is 4.21 Å². The zero-order valence-corrected chi connectivity index (χ0v) is 27.6. The molecule has 2 aromatic rings. The summed E-state index contributed by atoms with van der Waals surface area (Å²) in [6.07, 6.45) is 9.37. The molecule has 6 rings (SSSR count). The van der Waals surface area contributed by atoms with Crippen LogP contribution in [0.3, 0.4) is 0 Å². The van der Waals surface area contributed by atoms with Crippen molar-refractivity contribution in [1.82, 2.24) is 4.72 Å². The topological polar surface area (TPSA) is 88.1 Å². The molecule has 0 aromatic heterocycles. The Labute approximate surface area is 267 Å². The van der Waals surface area contributed by atoms with E-state index < -0.39 is 21.2 Å². The number of carbonyl (C=O) groups excluding carboxylic acids is 1. The molecule has 1 spiro atoms. The Morgan fingerprint density at radius 3 is 2.80 bits per heavy atom. The second kappa shape index (κ2) is 12.0. The number of fused-ring (bicyclic) bond motifs is 4. The fraction of sp³-hybridized carbons (Fsp3) is 0.543. The molecule has 2 N–H and O–H groups in total. The van der Waals surface area contributed by atoms with Crippen molar-refractivity contribution in [2.45, 2.75) is 68.6 Å². The van der Waals surface area contributed by atoms with Gasteiger partial charge in [0.25, 0.3) is 5.91 Å². The smallest absolute Gasteiger partial charge is 0.262 e. The summed E-state index contributed by atoms with van der Waals surface area (Å²) >= 11 is 6.42. The van der Waals surface area contributed by atoms with Crippen LogP contribution < -0.4 is 14.4 Å². The number of carbonyl (C=O) groups is 1. The fourth-order valence-electron chi connectivity index (χ4n) is 7.86. The summed E-state index contributed by atoms with van der Waals surface area (Å²) in [6.45, 7) is 6.00. The van der Waals surface area contributed by atoms with Crippen LogP contribution in [0.4, 0.5) is 5.69 Å². The van der Waals surface area contributed by atoms with E-state index in [0.717, 1.165) is 48.6 Å². The summed E-state index contributed by atoms with van der Waals surface area (Å²) in [4.78, 5) is 15.9. The number of halogens is 1. The molecule has 2 aliphatic carbocycles. The van der Waals surface area contributed by atoms with E-state index >= 15 is 0 Å². The Kier molecular flexibility index (Phi) is 8.59. The summed E-state index contributed by atoms with van der Waals surface area (Å²) in [5.41, 5.74) is 2.44. The Hall–Kier alpha value is -2.52. The number of ether oxygens (including phenoxy) is 2. The van der Waals surface area contributed by atoms with Crippen LogP contribution in [0, 0.1) is 17.8 Å². The normalized spacial score (nSPS) is 36.2. The number of nitrogens with zero attached hydrogens (tertiary/aromatic N) is 1. The molecule has 1 amide bonds. The summed E-state index contributed by atoms with van der Waals surface area (Å²) < 4.78 is 28.6. The molecule has 0 saturated heterocycles. The molecule has 1 unspecified atom stereocenters. The van der Waals surface area contributed by atoms with E-state index in [9.17, 15) is 14.1 Å². The Morgan fingerprint density at radius 2 is 2.05 bits per heavy atom. The van der Waals surface area contributed by atoms with E-state index in [1.54, 1.807) is 13.2 Å². The number of rotatable bonds is 2. The number of benzene rings is 2. The van der Waals surface area contributed by atoms with Crippen LogP contribution in [0.15, 0.2) is 48.6 Å². The number of methoxy groups -OCH3 is 1. The minimum absolute atomic E-state index is 0.0175. The number of hydrogen-bond donors (Lipinski definition) is 2. The van der Waals surface area contributed by atoms with Crippen LogP contribution in [0.1, 0.15) is 67.4 Å². The van der Waals surface area contributed by atoms with Gasteiger partial charge in [0.05, 0.1) is 28.6 Å². The van der Waals surface area contributed by atoms with Crippen LogP contribution in [0.2, 0.25) is 5.02 Å². The second-order valence-corrected chi connectivity index (χ2v) is 16.5. The quantitative estimate of drug-likeness (QED) is 0.330. The molecule has 1 saturated carbocycles. The van der Waals surface area contributed by atoms with Crippen LogP contribution in [0.25, 0.3) is 0 Å². The standard InChI is InChI=1S/C35H45ClN2O5S/c1-23-7-5-16-35(40,22-42-3)30-12-9-27(30)19-38-20-34(15-6-8-25-17-28(36)11-13-29(25)34)21-43-32-14-10-26(18-31(32)38)33(39)37-44(4,41)24(23)2/h5,10-11,13-14,16-18,23-24,27,30,40H,4,6-9,12,15,19-22H2,1-3H3,(H,37,39,41)/b16-5+/t23-,24+,27-,30+,34-,35+,44?/m0/s1. The number of amides is 1. The third kappa shape index (κ3) is 5.79. The molecule has 2 heterocycles. The molecule has 1 fully saturated rings. The summed E-state index contributed by atoms with van der Waals surface area (Å²) in [5.74, 6) is 4.49. The van der Waals surface area contributed by atoms with Gasteiger partial charge in [-0.1, -0.05) is 36.7 Å². The lowest BCUT2D eigenvalue weighted by molar-refractivity contribution is -0.0863. The van der Waals surface area contributed by atoms with Gasteiger partial charge in [-0.05, 0) is 111 Å². The Morgan fingerprint density at radius 1 is 1.23 bits per heavy atom. The first kappa shape index (κ1) is 31.5. The van der Waals surface area contributed by atoms with Gasteiger partial charge < -0.3 is 19.5 Å². The molecular weight excluding hydrogens is 596 g/mol. The van der Waals surface area contributed by atoms with Gasteiger partial charge in [0.1, 0.15) is 11.4 Å². The van der Waals surface area contributed by atoms with Gasteiger partial charge in [-0.15, -0.1) is 0 Å². The van der Waals surface area contributed by atoms with Crippen LogP contribution >= 0.6 is 11.6 Å². The first-order valence-corrected chi connectivity index (χ1v) is 18.0. The third-order valence-electron chi connectivity index (χ3n) is 10.8. The van der Waals surface area contributed by atoms with E-state index in [2.05, 4.69) is 27.6 Å². The number of aliphatic hydroxyl groups is 1. The molecule has 44 heavy (non-hydrogen) atoms. The van der Waals surface area contributed by atoms with Gasteiger partial charge >= 0.3 is 0 Å². The average molecular weight is 641 g/mol. The lowest BCUT2D eigenvalue weighted by Gasteiger charge is -2.49. The largest absolute Gasteiger partial charge is 0.490 e. The van der Waals surface area contributed by atoms with E-state index in [-0.39, 0.29) is 35.0 Å². The Bertz CT molecular complexity index is 1560. The van der Waals surface area contributed by atoms with Crippen molar-refractivity contribution in [2.75, 3.05) is 38.3 Å². The van der Waals surface area contributed by atoms with Crippen molar-refractivity contribution in [3.8, 4) is 5.75 Å². The molecule has 7 atom stereocenters. The zero-order chi connectivity index (χ0) is 31.3. The third-order valence-corrected chi connectivity index (χ3v) is 13.2. The predicted octanol–water partition coefficient (Wildman–Crippen LogP) is 5.56. The highest BCUT2D eigenvalue weighted by Crippen LogP contribution is 2.48.